The number of nitrogens with one attached hydrogen (secondary N) is 1. The molecular weight excluding hydrogens is 390 g/mol. The second-order valence-electron chi connectivity index (χ2n) is 7.48. The van der Waals surface area contributed by atoms with Crippen molar-refractivity contribution < 1.29 is 33.3 Å². The maximum absolute atomic E-state index is 13.2. The Morgan fingerprint density at radius 3 is 2.50 bits per heavy atom. The van der Waals surface area contributed by atoms with Gasteiger partial charge in [0.25, 0.3) is 5.79 Å². The van der Waals surface area contributed by atoms with Gasteiger partial charge >= 0.3 is 0 Å². The predicted octanol–water partition coefficient (Wildman–Crippen LogP) is 1.80. The average Bonchev–Trinajstić information content (AvgIpc) is 3.19. The molecule has 1 aromatic carbocycles. The first-order valence-corrected chi connectivity index (χ1v) is 9.66. The Bertz CT molecular complexity index is 982. The first-order chi connectivity index (χ1) is 14.4. The number of aryl methyl sites for hydroxylation is 1. The molecule has 0 saturated carbocycles. The van der Waals surface area contributed by atoms with E-state index in [4.69, 9.17) is 23.7 Å². The molecule has 4 rings (SSSR count). The second kappa shape index (κ2) is 7.05. The van der Waals surface area contributed by atoms with Gasteiger partial charge in [-0.3, -0.25) is 9.59 Å². The highest BCUT2D eigenvalue weighted by Gasteiger charge is 2.70. The molecule has 1 spiro atoms. The fourth-order valence-electron chi connectivity index (χ4n) is 5.09. The van der Waals surface area contributed by atoms with Crippen LogP contribution in [-0.4, -0.2) is 52.0 Å². The summed E-state index contributed by atoms with van der Waals surface area (Å²) in [5.41, 5.74) is 1.18. The molecule has 160 valence electrons. The van der Waals surface area contributed by atoms with Crippen LogP contribution in [0.25, 0.3) is 0 Å². The molecule has 1 aliphatic heterocycles. The van der Waals surface area contributed by atoms with Gasteiger partial charge in [0.05, 0.1) is 33.6 Å². The number of hydrogen-bond donors (Lipinski definition) is 1. The highest BCUT2D eigenvalue weighted by atomic mass is 16.7. The summed E-state index contributed by atoms with van der Waals surface area (Å²) in [5, 5.41) is 2.98. The van der Waals surface area contributed by atoms with E-state index in [0.717, 1.165) is 5.56 Å². The Morgan fingerprint density at radius 1 is 1.17 bits per heavy atom. The molecule has 1 heterocycles. The largest absolute Gasteiger partial charge is 0.493 e. The summed E-state index contributed by atoms with van der Waals surface area (Å²) in [7, 11) is 6.07. The molecule has 8 heteroatoms. The van der Waals surface area contributed by atoms with E-state index in [1.807, 2.05) is 6.07 Å². The molecule has 0 bridgehead atoms. The van der Waals surface area contributed by atoms with E-state index in [2.05, 4.69) is 5.32 Å². The van der Waals surface area contributed by atoms with Crippen molar-refractivity contribution in [3.8, 4) is 17.2 Å². The van der Waals surface area contributed by atoms with Gasteiger partial charge in [-0.25, -0.2) is 0 Å². The number of hydrogen-bond acceptors (Lipinski definition) is 7. The Kier molecular flexibility index (Phi) is 4.77. The monoisotopic (exact) mass is 415 g/mol. The highest BCUT2D eigenvalue weighted by Crippen LogP contribution is 2.61. The van der Waals surface area contributed by atoms with Gasteiger partial charge in [-0.2, -0.15) is 0 Å². The van der Waals surface area contributed by atoms with Gasteiger partial charge in [0.15, 0.2) is 11.5 Å². The van der Waals surface area contributed by atoms with Gasteiger partial charge in [-0.1, -0.05) is 0 Å². The van der Waals surface area contributed by atoms with Gasteiger partial charge in [-0.15, -0.1) is 0 Å². The maximum atomic E-state index is 13.2. The van der Waals surface area contributed by atoms with E-state index < -0.39 is 11.2 Å². The minimum Gasteiger partial charge on any atom is -0.493 e. The number of rotatable bonds is 5. The lowest BCUT2D eigenvalue weighted by molar-refractivity contribution is -0.197. The van der Waals surface area contributed by atoms with Crippen LogP contribution in [0.15, 0.2) is 30.1 Å². The summed E-state index contributed by atoms with van der Waals surface area (Å²) >= 11 is 0. The minimum absolute atomic E-state index is 0.186. The molecule has 3 aliphatic rings. The second-order valence-corrected chi connectivity index (χ2v) is 7.48. The molecule has 30 heavy (non-hydrogen) atoms. The van der Waals surface area contributed by atoms with E-state index in [1.165, 1.54) is 33.5 Å². The predicted molar refractivity (Wildman–Crippen MR) is 107 cm³/mol. The van der Waals surface area contributed by atoms with Crippen molar-refractivity contribution in [3.63, 3.8) is 0 Å². The first kappa shape index (κ1) is 20.3. The summed E-state index contributed by atoms with van der Waals surface area (Å²) in [6.45, 7) is 1.46. The standard InChI is InChI=1S/C22H25NO7/c1-12(24)23-15-7-6-13-10-16(26-2)19(27-3)20(28-4)18(13)21-8-9-30-22(21,29-5)17(25)11-14(15)21/h8-11,15H,6-7H2,1-5H3,(H,23,24). The molecule has 0 radical (unpaired) electrons. The van der Waals surface area contributed by atoms with E-state index in [0.29, 0.717) is 41.2 Å². The van der Waals surface area contributed by atoms with Crippen LogP contribution in [-0.2, 0) is 30.9 Å². The van der Waals surface area contributed by atoms with Gasteiger partial charge in [0, 0.05) is 19.6 Å². The molecule has 0 fully saturated rings. The van der Waals surface area contributed by atoms with Crippen molar-refractivity contribution >= 4 is 11.7 Å². The van der Waals surface area contributed by atoms with E-state index in [1.54, 1.807) is 20.3 Å². The van der Waals surface area contributed by atoms with Gasteiger partial charge in [0.1, 0.15) is 5.41 Å². The lowest BCUT2D eigenvalue weighted by Gasteiger charge is -2.40. The number of methoxy groups -OCH3 is 4. The number of ketones is 1. The first-order valence-electron chi connectivity index (χ1n) is 9.66. The van der Waals surface area contributed by atoms with Crippen molar-refractivity contribution in [1.29, 1.82) is 0 Å². The average molecular weight is 415 g/mol. The van der Waals surface area contributed by atoms with Crippen molar-refractivity contribution in [1.82, 2.24) is 5.32 Å². The van der Waals surface area contributed by atoms with Crippen LogP contribution >= 0.6 is 0 Å². The fraction of sp³-hybridized carbons (Fsp3) is 0.455. The molecule has 1 amide bonds. The molecule has 1 N–H and O–H groups in total. The number of benzene rings is 1. The van der Waals surface area contributed by atoms with Crippen LogP contribution < -0.4 is 19.5 Å². The van der Waals surface area contributed by atoms with Crippen LogP contribution in [0, 0.1) is 0 Å². The van der Waals surface area contributed by atoms with Crippen molar-refractivity contribution in [2.75, 3.05) is 28.4 Å². The molecule has 3 unspecified atom stereocenters. The molecule has 1 aromatic rings. The van der Waals surface area contributed by atoms with E-state index >= 15 is 0 Å². The Morgan fingerprint density at radius 2 is 1.90 bits per heavy atom. The quantitative estimate of drug-likeness (QED) is 0.784. The minimum atomic E-state index is -1.62. The summed E-state index contributed by atoms with van der Waals surface area (Å²) in [4.78, 5) is 25.2. The van der Waals surface area contributed by atoms with Gasteiger partial charge in [-0.05, 0) is 42.2 Å². The van der Waals surface area contributed by atoms with Crippen molar-refractivity contribution in [3.05, 3.63) is 41.2 Å². The molecule has 8 nitrogen and oxygen atoms in total. The molecule has 2 aliphatic carbocycles. The van der Waals surface area contributed by atoms with Crippen LogP contribution in [0.2, 0.25) is 0 Å². The van der Waals surface area contributed by atoms with Crippen LogP contribution in [0.3, 0.4) is 0 Å². The number of ether oxygens (including phenoxy) is 5. The fourth-order valence-corrected chi connectivity index (χ4v) is 5.09. The molecule has 3 atom stereocenters. The Labute approximate surface area is 174 Å². The third-order valence-electron chi connectivity index (χ3n) is 6.19. The molecule has 0 aromatic heterocycles. The van der Waals surface area contributed by atoms with Crippen LogP contribution in [0.1, 0.15) is 24.5 Å². The van der Waals surface area contributed by atoms with E-state index in [-0.39, 0.29) is 17.7 Å². The third kappa shape index (κ3) is 2.37. The van der Waals surface area contributed by atoms with Crippen LogP contribution in [0.5, 0.6) is 17.2 Å². The maximum Gasteiger partial charge on any atom is 0.290 e. The van der Waals surface area contributed by atoms with Gasteiger partial charge in [0.2, 0.25) is 17.4 Å². The zero-order chi connectivity index (χ0) is 21.7. The molecular formula is C22H25NO7. The highest BCUT2D eigenvalue weighted by molar-refractivity contribution is 6.04. The normalized spacial score (nSPS) is 28.5. The summed E-state index contributed by atoms with van der Waals surface area (Å²) in [6, 6.07) is 1.50. The Balaban J connectivity index is 2.10. The number of carbonyl (C=O) groups excluding carboxylic acids is 2. The number of carbonyl (C=O) groups is 2. The SMILES string of the molecule is COc1cc2c(c(OC)c1OC)C13C=COC1(OC)C(=O)C=C3C(NC(C)=O)CC2. The lowest BCUT2D eigenvalue weighted by Crippen LogP contribution is -2.55. The third-order valence-corrected chi connectivity index (χ3v) is 6.19. The zero-order valence-corrected chi connectivity index (χ0v) is 17.7. The molecule has 0 saturated heterocycles. The topological polar surface area (TPSA) is 92.3 Å². The van der Waals surface area contributed by atoms with E-state index in [9.17, 15) is 9.59 Å². The Hall–Kier alpha value is -3.00. The summed E-state index contributed by atoms with van der Waals surface area (Å²) in [5.74, 6) is -0.768. The number of amides is 1. The lowest BCUT2D eigenvalue weighted by atomic mass is 9.69. The van der Waals surface area contributed by atoms with Gasteiger partial charge < -0.3 is 29.0 Å². The smallest absolute Gasteiger partial charge is 0.290 e. The summed E-state index contributed by atoms with van der Waals surface area (Å²) in [6.07, 6.45) is 6.00. The van der Waals surface area contributed by atoms with Crippen molar-refractivity contribution in [2.45, 2.75) is 37.0 Å². The number of fused-ring (bicyclic) bond motifs is 1. The summed E-state index contributed by atoms with van der Waals surface area (Å²) < 4.78 is 28.6. The van der Waals surface area contributed by atoms with Crippen molar-refractivity contribution in [2.24, 2.45) is 0 Å². The zero-order valence-electron chi connectivity index (χ0n) is 17.7. The van der Waals surface area contributed by atoms with Crippen LogP contribution in [0.4, 0.5) is 0 Å².